The zero-order valence-electron chi connectivity index (χ0n) is 30.8. The van der Waals surface area contributed by atoms with E-state index in [-0.39, 0.29) is 99.3 Å². The highest BCUT2D eigenvalue weighted by molar-refractivity contribution is 7.89. The molecule has 0 radical (unpaired) electrons. The Balaban J connectivity index is 1.74. The van der Waals surface area contributed by atoms with Crippen LogP contribution in [0, 0.1) is 25.7 Å². The number of aryl methyl sites for hydroxylation is 2. The number of carbonyl (C=O) groups excluding carboxylic acids is 2. The first-order chi connectivity index (χ1) is 24.2. The largest absolute Gasteiger partial charge is 0.378 e. The topological polar surface area (TPSA) is 161 Å². The molecule has 15 heteroatoms. The molecule has 2 aromatic rings. The molecule has 0 saturated carbocycles. The van der Waals surface area contributed by atoms with Crippen molar-refractivity contribution in [1.82, 2.24) is 19.2 Å². The number of ether oxygens (including phenoxy) is 3. The van der Waals surface area contributed by atoms with Gasteiger partial charge in [-0.2, -0.15) is 9.44 Å². The van der Waals surface area contributed by atoms with Crippen LogP contribution < -0.4 is 9.44 Å². The van der Waals surface area contributed by atoms with Crippen LogP contribution in [-0.2, 0) is 43.8 Å². The summed E-state index contributed by atoms with van der Waals surface area (Å²) in [7, 11) is -7.97. The number of amides is 2. The van der Waals surface area contributed by atoms with Gasteiger partial charge in [-0.3, -0.25) is 9.59 Å². The molecule has 1 heterocycles. The molecule has 0 spiro atoms. The summed E-state index contributed by atoms with van der Waals surface area (Å²) >= 11 is 0. The lowest BCUT2D eigenvalue weighted by Gasteiger charge is -2.31. The molecule has 1 aliphatic heterocycles. The number of nitrogens with one attached hydrogen (secondary N) is 2. The second-order valence-corrected chi connectivity index (χ2v) is 16.5. The minimum atomic E-state index is -3.98. The summed E-state index contributed by atoms with van der Waals surface area (Å²) in [6.45, 7) is 13.1. The number of rotatable bonds is 12. The molecule has 4 atom stereocenters. The number of hydrogen-bond donors (Lipinski definition) is 2. The molecular weight excluding hydrogens is 697 g/mol. The lowest BCUT2D eigenvalue weighted by atomic mass is 9.99. The van der Waals surface area contributed by atoms with Gasteiger partial charge in [0.05, 0.1) is 49.4 Å². The SMILES string of the molecule is CC[C@H](C)[C@@H](NS(=O)(=O)c1ccc(C)cc1)C(=O)N1CCOCCOCCN(C(=O)[C@H](NS(=O)(=O)c2ccc(C)cc2)[C@@H](C)CC)CCOCC1. The van der Waals surface area contributed by atoms with Crippen molar-refractivity contribution in [3.05, 3.63) is 59.7 Å². The molecule has 1 saturated heterocycles. The van der Waals surface area contributed by atoms with E-state index in [4.69, 9.17) is 14.2 Å². The van der Waals surface area contributed by atoms with E-state index in [9.17, 15) is 26.4 Å². The first-order valence-electron chi connectivity index (χ1n) is 17.7. The van der Waals surface area contributed by atoms with E-state index in [0.29, 0.717) is 12.8 Å². The van der Waals surface area contributed by atoms with E-state index in [2.05, 4.69) is 9.44 Å². The summed E-state index contributed by atoms with van der Waals surface area (Å²) in [5.41, 5.74) is 1.84. The van der Waals surface area contributed by atoms with Crippen molar-refractivity contribution in [1.29, 1.82) is 0 Å². The summed E-state index contributed by atoms with van der Waals surface area (Å²) in [4.78, 5) is 31.1. The molecule has 1 fully saturated rings. The summed E-state index contributed by atoms with van der Waals surface area (Å²) in [6.07, 6.45) is 1.13. The Morgan fingerprint density at radius 1 is 0.588 bits per heavy atom. The highest BCUT2D eigenvalue weighted by atomic mass is 32.2. The number of nitrogens with zero attached hydrogens (tertiary/aromatic N) is 2. The second kappa shape index (κ2) is 20.4. The lowest BCUT2D eigenvalue weighted by molar-refractivity contribution is -0.136. The predicted molar refractivity (Wildman–Crippen MR) is 195 cm³/mol. The van der Waals surface area contributed by atoms with Crippen LogP contribution >= 0.6 is 0 Å². The second-order valence-electron chi connectivity index (χ2n) is 13.1. The fourth-order valence-electron chi connectivity index (χ4n) is 5.38. The number of benzene rings is 2. The molecule has 1 aliphatic rings. The molecule has 0 aromatic heterocycles. The average molecular weight is 753 g/mol. The lowest BCUT2D eigenvalue weighted by Crippen LogP contribution is -2.53. The van der Waals surface area contributed by atoms with Gasteiger partial charge in [0.15, 0.2) is 0 Å². The van der Waals surface area contributed by atoms with Crippen molar-refractivity contribution in [3.63, 3.8) is 0 Å². The third-order valence-corrected chi connectivity index (χ3v) is 12.1. The molecule has 3 rings (SSSR count). The van der Waals surface area contributed by atoms with E-state index >= 15 is 0 Å². The Labute approximate surface area is 304 Å². The van der Waals surface area contributed by atoms with Gasteiger partial charge in [0.1, 0.15) is 12.1 Å². The Kier molecular flexibility index (Phi) is 17.0. The number of sulfonamides is 2. The van der Waals surface area contributed by atoms with Crippen LogP contribution in [0.3, 0.4) is 0 Å². The maximum Gasteiger partial charge on any atom is 0.241 e. The highest BCUT2D eigenvalue weighted by Crippen LogP contribution is 2.19. The predicted octanol–water partition coefficient (Wildman–Crippen LogP) is 3.11. The summed E-state index contributed by atoms with van der Waals surface area (Å²) in [5, 5.41) is 0. The standard InChI is InChI=1S/C36H56N4O9S2/c1-7-29(5)33(37-50(43,44)31-13-9-27(3)10-14-31)35(41)39-17-21-47-22-18-40(20-24-49-26-25-48-23-19-39)36(42)34(30(6)8-2)38-51(45,46)32-15-11-28(4)12-16-32/h9-16,29-30,33-34,37-38H,7-8,17-26H2,1-6H3/t29-,30-,33+,34+/m0/s1. The van der Waals surface area contributed by atoms with Gasteiger partial charge in [-0.1, -0.05) is 75.9 Å². The maximum absolute atomic E-state index is 14.0. The Bertz CT molecular complexity index is 1480. The molecule has 2 aromatic carbocycles. The monoisotopic (exact) mass is 752 g/mol. The van der Waals surface area contributed by atoms with Crippen LogP contribution in [-0.4, -0.2) is 116 Å². The fourth-order valence-corrected chi connectivity index (χ4v) is 7.97. The molecule has 0 unspecified atom stereocenters. The van der Waals surface area contributed by atoms with E-state index in [1.807, 2.05) is 41.5 Å². The van der Waals surface area contributed by atoms with Crippen LogP contribution in [0.1, 0.15) is 51.7 Å². The Hall–Kier alpha value is -2.92. The molecular formula is C36H56N4O9S2. The fraction of sp³-hybridized carbons (Fsp3) is 0.611. The van der Waals surface area contributed by atoms with Crippen LogP contribution in [0.25, 0.3) is 0 Å². The van der Waals surface area contributed by atoms with E-state index < -0.39 is 32.1 Å². The number of carbonyl (C=O) groups is 2. The first kappa shape index (κ1) is 42.5. The average Bonchev–Trinajstić information content (AvgIpc) is 3.12. The molecule has 286 valence electrons. The number of hydrogen-bond acceptors (Lipinski definition) is 9. The van der Waals surface area contributed by atoms with Gasteiger partial charge in [0.25, 0.3) is 0 Å². The van der Waals surface area contributed by atoms with Crippen molar-refractivity contribution in [3.8, 4) is 0 Å². The smallest absolute Gasteiger partial charge is 0.241 e. The molecule has 13 nitrogen and oxygen atoms in total. The van der Waals surface area contributed by atoms with Gasteiger partial charge in [0.2, 0.25) is 31.9 Å². The van der Waals surface area contributed by atoms with E-state index in [1.165, 1.54) is 34.1 Å². The van der Waals surface area contributed by atoms with Crippen molar-refractivity contribution < 1.29 is 40.6 Å². The molecule has 51 heavy (non-hydrogen) atoms. The van der Waals surface area contributed by atoms with E-state index in [1.54, 1.807) is 24.3 Å². The third kappa shape index (κ3) is 12.9. The van der Waals surface area contributed by atoms with Crippen LogP contribution in [0.2, 0.25) is 0 Å². The normalized spacial score (nSPS) is 18.5. The summed E-state index contributed by atoms with van der Waals surface area (Å²) in [5.74, 6) is -1.37. The Morgan fingerprint density at radius 2 is 0.882 bits per heavy atom. The van der Waals surface area contributed by atoms with Crippen molar-refractivity contribution in [2.75, 3.05) is 65.8 Å². The molecule has 0 aliphatic carbocycles. The van der Waals surface area contributed by atoms with Crippen LogP contribution in [0.5, 0.6) is 0 Å². The van der Waals surface area contributed by atoms with Gasteiger partial charge in [-0.25, -0.2) is 16.8 Å². The van der Waals surface area contributed by atoms with Gasteiger partial charge >= 0.3 is 0 Å². The Morgan fingerprint density at radius 3 is 1.18 bits per heavy atom. The molecule has 0 bridgehead atoms. The van der Waals surface area contributed by atoms with Gasteiger partial charge in [0, 0.05) is 26.2 Å². The van der Waals surface area contributed by atoms with Gasteiger partial charge in [-0.05, 0) is 49.9 Å². The quantitative estimate of drug-likeness (QED) is 0.332. The van der Waals surface area contributed by atoms with Crippen molar-refractivity contribution in [2.24, 2.45) is 11.8 Å². The van der Waals surface area contributed by atoms with E-state index in [0.717, 1.165) is 11.1 Å². The van der Waals surface area contributed by atoms with Crippen LogP contribution in [0.15, 0.2) is 58.3 Å². The van der Waals surface area contributed by atoms with Gasteiger partial charge in [-0.15, -0.1) is 0 Å². The summed E-state index contributed by atoms with van der Waals surface area (Å²) in [6, 6.07) is 10.9. The highest BCUT2D eigenvalue weighted by Gasteiger charge is 2.34. The van der Waals surface area contributed by atoms with Crippen LogP contribution in [0.4, 0.5) is 0 Å². The molecule has 2 amide bonds. The maximum atomic E-state index is 14.0. The van der Waals surface area contributed by atoms with Crippen molar-refractivity contribution >= 4 is 31.9 Å². The zero-order valence-corrected chi connectivity index (χ0v) is 32.4. The van der Waals surface area contributed by atoms with Crippen molar-refractivity contribution in [2.45, 2.75) is 76.3 Å². The summed E-state index contributed by atoms with van der Waals surface area (Å²) < 4.78 is 76.0. The van der Waals surface area contributed by atoms with Gasteiger partial charge < -0.3 is 24.0 Å². The zero-order chi connectivity index (χ0) is 37.6. The third-order valence-electron chi connectivity index (χ3n) is 9.20. The molecule has 2 N–H and O–H groups in total. The first-order valence-corrected chi connectivity index (χ1v) is 20.7. The minimum Gasteiger partial charge on any atom is -0.378 e. The minimum absolute atomic E-state index is 0.0792.